The SMILES string of the molecule is Cc1cc(C)cc(NS(=O)(=O)c2ccc(NC(=S)NC(=O)c3ccccc3N=O)cc2)c1. The van der Waals surface area contributed by atoms with E-state index in [0.717, 1.165) is 11.1 Å². The van der Waals surface area contributed by atoms with Crippen molar-refractivity contribution in [2.75, 3.05) is 10.0 Å². The van der Waals surface area contributed by atoms with Crippen molar-refractivity contribution in [1.29, 1.82) is 0 Å². The Morgan fingerprint density at radius 1 is 0.906 bits per heavy atom. The second-order valence-corrected chi connectivity index (χ2v) is 9.11. The summed E-state index contributed by atoms with van der Waals surface area (Å²) in [6.45, 7) is 3.78. The molecule has 0 aliphatic rings. The number of amides is 1. The molecule has 3 rings (SSSR count). The van der Waals surface area contributed by atoms with Crippen molar-refractivity contribution in [2.45, 2.75) is 18.7 Å². The van der Waals surface area contributed by atoms with Crippen molar-refractivity contribution in [3.63, 3.8) is 0 Å². The second-order valence-electron chi connectivity index (χ2n) is 7.02. The number of rotatable bonds is 6. The molecular weight excluding hydrogens is 448 g/mol. The molecule has 0 aliphatic carbocycles. The minimum atomic E-state index is -3.78. The maximum Gasteiger partial charge on any atom is 0.261 e. The van der Waals surface area contributed by atoms with Crippen molar-refractivity contribution in [1.82, 2.24) is 5.32 Å². The van der Waals surface area contributed by atoms with Crippen LogP contribution in [0.2, 0.25) is 0 Å². The van der Waals surface area contributed by atoms with Crippen molar-refractivity contribution < 1.29 is 13.2 Å². The Morgan fingerprint density at radius 2 is 1.53 bits per heavy atom. The Kier molecular flexibility index (Phi) is 6.96. The number of carbonyl (C=O) groups excluding carboxylic acids is 1. The smallest absolute Gasteiger partial charge is 0.261 e. The summed E-state index contributed by atoms with van der Waals surface area (Å²) in [7, 11) is -3.78. The van der Waals surface area contributed by atoms with Crippen molar-refractivity contribution in [2.24, 2.45) is 5.18 Å². The molecule has 1 amide bonds. The van der Waals surface area contributed by atoms with Crippen LogP contribution in [0, 0.1) is 18.8 Å². The molecule has 0 spiro atoms. The highest BCUT2D eigenvalue weighted by Gasteiger charge is 2.16. The maximum atomic E-state index is 12.7. The molecule has 8 nitrogen and oxygen atoms in total. The van der Waals surface area contributed by atoms with Gasteiger partial charge in [0.1, 0.15) is 5.69 Å². The van der Waals surface area contributed by atoms with Crippen LogP contribution in [0.25, 0.3) is 0 Å². The molecule has 0 radical (unpaired) electrons. The molecule has 32 heavy (non-hydrogen) atoms. The third-order valence-corrected chi connectivity index (χ3v) is 5.97. The van der Waals surface area contributed by atoms with Crippen LogP contribution in [-0.4, -0.2) is 19.4 Å². The van der Waals surface area contributed by atoms with E-state index in [0.29, 0.717) is 11.4 Å². The topological polar surface area (TPSA) is 117 Å². The first-order valence-electron chi connectivity index (χ1n) is 9.44. The van der Waals surface area contributed by atoms with E-state index in [2.05, 4.69) is 20.5 Å². The summed E-state index contributed by atoms with van der Waals surface area (Å²) in [5, 5.41) is 8.06. The summed E-state index contributed by atoms with van der Waals surface area (Å²) < 4.78 is 27.9. The van der Waals surface area contributed by atoms with Gasteiger partial charge in [0.25, 0.3) is 15.9 Å². The number of benzene rings is 3. The van der Waals surface area contributed by atoms with Gasteiger partial charge in [-0.2, -0.15) is 0 Å². The second kappa shape index (κ2) is 9.67. The van der Waals surface area contributed by atoms with Gasteiger partial charge in [0.2, 0.25) is 0 Å². The highest BCUT2D eigenvalue weighted by atomic mass is 32.2. The van der Waals surface area contributed by atoms with Gasteiger partial charge in [-0.1, -0.05) is 18.2 Å². The lowest BCUT2D eigenvalue weighted by Gasteiger charge is -2.12. The van der Waals surface area contributed by atoms with Crippen molar-refractivity contribution in [3.05, 3.63) is 88.3 Å². The fraction of sp³-hybridized carbons (Fsp3) is 0.0909. The van der Waals surface area contributed by atoms with Gasteiger partial charge in [-0.05, 0) is 90.9 Å². The monoisotopic (exact) mass is 468 g/mol. The fourth-order valence-electron chi connectivity index (χ4n) is 3.04. The zero-order valence-electron chi connectivity index (χ0n) is 17.2. The maximum absolute atomic E-state index is 12.7. The highest BCUT2D eigenvalue weighted by molar-refractivity contribution is 7.92. The van der Waals surface area contributed by atoms with E-state index in [1.165, 1.54) is 36.4 Å². The van der Waals surface area contributed by atoms with Gasteiger partial charge in [0.05, 0.1) is 10.5 Å². The molecule has 0 aliphatic heterocycles. The zero-order chi connectivity index (χ0) is 23.3. The molecule has 0 saturated heterocycles. The predicted molar refractivity (Wildman–Crippen MR) is 129 cm³/mol. The van der Waals surface area contributed by atoms with Crippen LogP contribution in [0.1, 0.15) is 21.5 Å². The molecule has 0 unspecified atom stereocenters. The Balaban J connectivity index is 1.66. The summed E-state index contributed by atoms with van der Waals surface area (Å²) in [6.07, 6.45) is 0. The molecular formula is C22H20N4O4S2. The average Bonchev–Trinajstić information content (AvgIpc) is 2.72. The van der Waals surface area contributed by atoms with Gasteiger partial charge in [0.15, 0.2) is 5.11 Å². The molecule has 3 aromatic carbocycles. The van der Waals surface area contributed by atoms with E-state index in [-0.39, 0.29) is 21.3 Å². The Hall–Kier alpha value is -3.63. The van der Waals surface area contributed by atoms with Gasteiger partial charge in [0, 0.05) is 11.4 Å². The van der Waals surface area contributed by atoms with Crippen LogP contribution >= 0.6 is 12.2 Å². The first-order valence-corrected chi connectivity index (χ1v) is 11.3. The average molecular weight is 469 g/mol. The van der Waals surface area contributed by atoms with E-state index in [4.69, 9.17) is 12.2 Å². The lowest BCUT2D eigenvalue weighted by Crippen LogP contribution is -2.34. The molecule has 0 saturated carbocycles. The first kappa shape index (κ1) is 23.0. The number of hydrogen-bond donors (Lipinski definition) is 3. The van der Waals surface area contributed by atoms with Gasteiger partial charge in [-0.15, -0.1) is 4.91 Å². The minimum Gasteiger partial charge on any atom is -0.332 e. The first-order chi connectivity index (χ1) is 15.2. The number of nitrogens with zero attached hydrogens (tertiary/aromatic N) is 1. The number of sulfonamides is 1. The largest absolute Gasteiger partial charge is 0.332 e. The molecule has 10 heteroatoms. The number of nitrogens with one attached hydrogen (secondary N) is 3. The van der Waals surface area contributed by atoms with Gasteiger partial charge >= 0.3 is 0 Å². The van der Waals surface area contributed by atoms with Crippen LogP contribution in [0.5, 0.6) is 0 Å². The van der Waals surface area contributed by atoms with Crippen LogP contribution < -0.4 is 15.4 Å². The molecule has 0 atom stereocenters. The zero-order valence-corrected chi connectivity index (χ0v) is 18.9. The van der Waals surface area contributed by atoms with Gasteiger partial charge in [-0.25, -0.2) is 8.42 Å². The van der Waals surface area contributed by atoms with Crippen LogP contribution in [0.4, 0.5) is 17.1 Å². The van der Waals surface area contributed by atoms with E-state index in [9.17, 15) is 18.1 Å². The number of thiocarbonyl (C=S) groups is 1. The van der Waals surface area contributed by atoms with Crippen molar-refractivity contribution in [3.8, 4) is 0 Å². The number of aryl methyl sites for hydroxylation is 2. The summed E-state index contributed by atoms with van der Waals surface area (Å²) >= 11 is 5.13. The lowest BCUT2D eigenvalue weighted by atomic mass is 10.1. The standard InChI is InChI=1S/C22H20N4O4S2/c1-14-11-15(2)13-17(12-14)26-32(29,30)18-9-7-16(8-10-18)23-22(31)24-21(27)19-5-3-4-6-20(19)25-28/h3-13,26H,1-2H3,(H2,23,24,27,31). The van der Waals surface area contributed by atoms with Gasteiger partial charge < -0.3 is 5.32 Å². The van der Waals surface area contributed by atoms with Crippen LogP contribution in [0.15, 0.2) is 76.8 Å². The summed E-state index contributed by atoms with van der Waals surface area (Å²) in [4.78, 5) is 23.2. The molecule has 3 aromatic rings. The van der Waals surface area contributed by atoms with E-state index >= 15 is 0 Å². The van der Waals surface area contributed by atoms with E-state index in [1.807, 2.05) is 19.9 Å². The molecule has 3 N–H and O–H groups in total. The normalized spacial score (nSPS) is 10.8. The van der Waals surface area contributed by atoms with Crippen LogP contribution in [0.3, 0.4) is 0 Å². The summed E-state index contributed by atoms with van der Waals surface area (Å²) in [6, 6.07) is 17.4. The quantitative estimate of drug-likeness (QED) is 0.359. The molecule has 0 aromatic heterocycles. The summed E-state index contributed by atoms with van der Waals surface area (Å²) in [5.41, 5.74) is 2.94. The number of carbonyl (C=O) groups is 1. The summed E-state index contributed by atoms with van der Waals surface area (Å²) in [5.74, 6) is -0.588. The van der Waals surface area contributed by atoms with Gasteiger partial charge in [-0.3, -0.25) is 14.8 Å². The van der Waals surface area contributed by atoms with E-state index < -0.39 is 15.9 Å². The number of anilines is 2. The third kappa shape index (κ3) is 5.74. The minimum absolute atomic E-state index is 0.00124. The predicted octanol–water partition coefficient (Wildman–Crippen LogP) is 4.63. The molecule has 0 fully saturated rings. The number of nitroso groups, excluding NO2 is 1. The molecule has 0 bridgehead atoms. The van der Waals surface area contributed by atoms with Crippen molar-refractivity contribution >= 4 is 50.3 Å². The Morgan fingerprint density at radius 3 is 2.16 bits per heavy atom. The lowest BCUT2D eigenvalue weighted by molar-refractivity contribution is 0.0978. The van der Waals surface area contributed by atoms with Crippen LogP contribution in [-0.2, 0) is 10.0 Å². The number of hydrogen-bond acceptors (Lipinski definition) is 6. The van der Waals surface area contributed by atoms with E-state index in [1.54, 1.807) is 24.3 Å². The fourth-order valence-corrected chi connectivity index (χ4v) is 4.29. The molecule has 164 valence electrons. The Bertz CT molecular complexity index is 1270. The highest BCUT2D eigenvalue weighted by Crippen LogP contribution is 2.21. The Labute approximate surface area is 191 Å². The molecule has 0 heterocycles. The third-order valence-electron chi connectivity index (χ3n) is 4.37.